The third-order valence-electron chi connectivity index (χ3n) is 1.90. The first-order valence-electron chi connectivity index (χ1n) is 4.70. The first-order valence-corrected chi connectivity index (χ1v) is 4.70. The number of nitrogens with two attached hydrogens (primary N) is 1. The van der Waals surface area contributed by atoms with Gasteiger partial charge in [-0.2, -0.15) is 0 Å². The average molecular weight is 183 g/mol. The van der Waals surface area contributed by atoms with Crippen molar-refractivity contribution in [1.29, 1.82) is 0 Å². The lowest BCUT2D eigenvalue weighted by molar-refractivity contribution is -0.114. The molecule has 0 aromatic rings. The standard InChI is InChI=1S/C11H21NO/c1-8(7-11(3,4)5)6-9(2)10(12)13/h8H,2,6-7H2,1,3-5H3,(H2,12,13). The molecular weight excluding hydrogens is 162 g/mol. The Morgan fingerprint density at radius 1 is 1.46 bits per heavy atom. The van der Waals surface area contributed by atoms with Gasteiger partial charge >= 0.3 is 0 Å². The molecule has 1 atom stereocenters. The zero-order valence-corrected chi connectivity index (χ0v) is 9.18. The summed E-state index contributed by atoms with van der Waals surface area (Å²) in [6.45, 7) is 12.3. The Hall–Kier alpha value is -0.790. The molecule has 2 nitrogen and oxygen atoms in total. The van der Waals surface area contributed by atoms with Crippen molar-refractivity contribution in [2.75, 3.05) is 0 Å². The molecule has 0 saturated heterocycles. The summed E-state index contributed by atoms with van der Waals surface area (Å²) in [6, 6.07) is 0. The van der Waals surface area contributed by atoms with Crippen LogP contribution in [0.15, 0.2) is 12.2 Å². The molecule has 0 saturated carbocycles. The van der Waals surface area contributed by atoms with Gasteiger partial charge in [0, 0.05) is 5.57 Å². The predicted molar refractivity (Wildman–Crippen MR) is 56.2 cm³/mol. The van der Waals surface area contributed by atoms with Crippen molar-refractivity contribution in [3.63, 3.8) is 0 Å². The van der Waals surface area contributed by atoms with Crippen LogP contribution in [-0.4, -0.2) is 5.91 Å². The average Bonchev–Trinajstić information content (AvgIpc) is 1.81. The Labute approximate surface area is 81.2 Å². The number of primary amides is 1. The molecule has 0 bridgehead atoms. The fourth-order valence-electron chi connectivity index (χ4n) is 1.64. The molecule has 0 heterocycles. The molecule has 0 radical (unpaired) electrons. The van der Waals surface area contributed by atoms with Gasteiger partial charge in [0.2, 0.25) is 5.91 Å². The zero-order valence-electron chi connectivity index (χ0n) is 9.18. The Morgan fingerprint density at radius 2 is 1.92 bits per heavy atom. The van der Waals surface area contributed by atoms with Gasteiger partial charge in [-0.3, -0.25) is 4.79 Å². The molecule has 2 N–H and O–H groups in total. The number of hydrogen-bond donors (Lipinski definition) is 1. The first kappa shape index (κ1) is 12.2. The molecule has 76 valence electrons. The first-order chi connectivity index (χ1) is 5.72. The summed E-state index contributed by atoms with van der Waals surface area (Å²) < 4.78 is 0. The second kappa shape index (κ2) is 4.45. The van der Waals surface area contributed by atoms with Gasteiger partial charge in [0.15, 0.2) is 0 Å². The number of amides is 1. The highest BCUT2D eigenvalue weighted by atomic mass is 16.1. The molecule has 1 amide bonds. The number of carbonyl (C=O) groups excluding carboxylic acids is 1. The van der Waals surface area contributed by atoms with Crippen molar-refractivity contribution in [2.45, 2.75) is 40.5 Å². The number of hydrogen-bond acceptors (Lipinski definition) is 1. The summed E-state index contributed by atoms with van der Waals surface area (Å²) in [7, 11) is 0. The maximum absolute atomic E-state index is 10.7. The molecule has 0 spiro atoms. The van der Waals surface area contributed by atoms with Crippen LogP contribution in [-0.2, 0) is 4.79 Å². The molecule has 1 unspecified atom stereocenters. The van der Waals surface area contributed by atoms with Crippen LogP contribution >= 0.6 is 0 Å². The van der Waals surface area contributed by atoms with Crippen molar-refractivity contribution < 1.29 is 4.79 Å². The largest absolute Gasteiger partial charge is 0.366 e. The molecule has 0 aliphatic rings. The molecule has 0 aromatic carbocycles. The fourth-order valence-corrected chi connectivity index (χ4v) is 1.64. The van der Waals surface area contributed by atoms with Gasteiger partial charge in [-0.15, -0.1) is 0 Å². The van der Waals surface area contributed by atoms with E-state index in [9.17, 15) is 4.79 Å². The second-order valence-electron chi connectivity index (χ2n) is 5.04. The van der Waals surface area contributed by atoms with Crippen LogP contribution in [0.1, 0.15) is 40.5 Å². The van der Waals surface area contributed by atoms with E-state index in [1.165, 1.54) is 0 Å². The molecule has 2 heteroatoms. The Morgan fingerprint density at radius 3 is 2.23 bits per heavy atom. The summed E-state index contributed by atoms with van der Waals surface area (Å²) in [4.78, 5) is 10.7. The van der Waals surface area contributed by atoms with Crippen LogP contribution < -0.4 is 5.73 Å². The highest BCUT2D eigenvalue weighted by Gasteiger charge is 2.16. The SMILES string of the molecule is C=C(CC(C)CC(C)(C)C)C(N)=O. The summed E-state index contributed by atoms with van der Waals surface area (Å²) in [5, 5.41) is 0. The summed E-state index contributed by atoms with van der Waals surface area (Å²) >= 11 is 0. The second-order valence-corrected chi connectivity index (χ2v) is 5.04. The predicted octanol–water partition coefficient (Wildman–Crippen LogP) is 2.49. The minimum atomic E-state index is -0.374. The van der Waals surface area contributed by atoms with Gasteiger partial charge in [-0.25, -0.2) is 0 Å². The molecule has 13 heavy (non-hydrogen) atoms. The van der Waals surface area contributed by atoms with E-state index in [1.807, 2.05) is 0 Å². The van der Waals surface area contributed by atoms with Crippen LogP contribution in [0.5, 0.6) is 0 Å². The molecule has 0 aliphatic carbocycles. The highest BCUT2D eigenvalue weighted by molar-refractivity contribution is 5.91. The van der Waals surface area contributed by atoms with Gasteiger partial charge in [-0.05, 0) is 24.2 Å². The lowest BCUT2D eigenvalue weighted by atomic mass is 9.83. The molecular formula is C11H21NO. The van der Waals surface area contributed by atoms with Gasteiger partial charge in [0.25, 0.3) is 0 Å². The van der Waals surface area contributed by atoms with Crippen LogP contribution in [0.4, 0.5) is 0 Å². The van der Waals surface area contributed by atoms with Gasteiger partial charge in [-0.1, -0.05) is 34.3 Å². The van der Waals surface area contributed by atoms with E-state index in [0.717, 1.165) is 6.42 Å². The minimum Gasteiger partial charge on any atom is -0.366 e. The summed E-state index contributed by atoms with van der Waals surface area (Å²) in [5.74, 6) is 0.0979. The normalized spacial score (nSPS) is 13.8. The lowest BCUT2D eigenvalue weighted by Crippen LogP contribution is -2.17. The van der Waals surface area contributed by atoms with Gasteiger partial charge in [0.05, 0.1) is 0 Å². The molecule has 0 rings (SSSR count). The van der Waals surface area contributed by atoms with Crippen molar-refractivity contribution in [2.24, 2.45) is 17.1 Å². The monoisotopic (exact) mass is 183 g/mol. The lowest BCUT2D eigenvalue weighted by Gasteiger charge is -2.23. The Balaban J connectivity index is 3.95. The maximum atomic E-state index is 10.7. The van der Waals surface area contributed by atoms with E-state index in [4.69, 9.17) is 5.73 Å². The number of carbonyl (C=O) groups is 1. The Bertz CT molecular complexity index is 201. The summed E-state index contributed by atoms with van der Waals surface area (Å²) in [5.41, 5.74) is 5.95. The fraction of sp³-hybridized carbons (Fsp3) is 0.727. The molecule has 0 fully saturated rings. The van der Waals surface area contributed by atoms with Crippen molar-refractivity contribution >= 4 is 5.91 Å². The zero-order chi connectivity index (χ0) is 10.6. The molecule has 0 aromatic heterocycles. The van der Waals surface area contributed by atoms with E-state index < -0.39 is 0 Å². The smallest absolute Gasteiger partial charge is 0.244 e. The third kappa shape index (κ3) is 6.38. The van der Waals surface area contributed by atoms with Crippen LogP contribution in [0.25, 0.3) is 0 Å². The molecule has 0 aliphatic heterocycles. The van der Waals surface area contributed by atoms with Crippen LogP contribution in [0.2, 0.25) is 0 Å². The van der Waals surface area contributed by atoms with Gasteiger partial charge < -0.3 is 5.73 Å². The highest BCUT2D eigenvalue weighted by Crippen LogP contribution is 2.27. The van der Waals surface area contributed by atoms with E-state index in [2.05, 4.69) is 34.3 Å². The van der Waals surface area contributed by atoms with Gasteiger partial charge in [0.1, 0.15) is 0 Å². The van der Waals surface area contributed by atoms with Crippen molar-refractivity contribution in [3.8, 4) is 0 Å². The maximum Gasteiger partial charge on any atom is 0.244 e. The minimum absolute atomic E-state index is 0.303. The summed E-state index contributed by atoms with van der Waals surface area (Å²) in [6.07, 6.45) is 1.80. The van der Waals surface area contributed by atoms with E-state index >= 15 is 0 Å². The van der Waals surface area contributed by atoms with E-state index in [1.54, 1.807) is 0 Å². The quantitative estimate of drug-likeness (QED) is 0.668. The Kier molecular flexibility index (Phi) is 4.18. The van der Waals surface area contributed by atoms with E-state index in [0.29, 0.717) is 23.3 Å². The van der Waals surface area contributed by atoms with Crippen molar-refractivity contribution in [3.05, 3.63) is 12.2 Å². The van der Waals surface area contributed by atoms with Crippen molar-refractivity contribution in [1.82, 2.24) is 0 Å². The van der Waals surface area contributed by atoms with E-state index in [-0.39, 0.29) is 5.91 Å². The van der Waals surface area contributed by atoms with Crippen LogP contribution in [0.3, 0.4) is 0 Å². The van der Waals surface area contributed by atoms with Crippen LogP contribution in [0, 0.1) is 11.3 Å². The third-order valence-corrected chi connectivity index (χ3v) is 1.90. The number of rotatable bonds is 4. The topological polar surface area (TPSA) is 43.1 Å².